The summed E-state index contributed by atoms with van der Waals surface area (Å²) in [6, 6.07) is 7.59. The zero-order chi connectivity index (χ0) is 14.8. The van der Waals surface area contributed by atoms with Crippen LogP contribution in [-0.4, -0.2) is 43.3 Å². The third-order valence-corrected chi connectivity index (χ3v) is 2.41. The highest BCUT2D eigenvalue weighted by Crippen LogP contribution is 2.11. The largest absolute Gasteiger partial charge is 0.493 e. The first kappa shape index (κ1) is 16.0. The number of carboxylic acid groups (broad SMARTS) is 1. The lowest BCUT2D eigenvalue weighted by atomic mass is 10.2. The first-order valence-electron chi connectivity index (χ1n) is 6.33. The van der Waals surface area contributed by atoms with Crippen LogP contribution in [0.15, 0.2) is 24.3 Å². The van der Waals surface area contributed by atoms with Crippen molar-refractivity contribution in [2.24, 2.45) is 0 Å². The van der Waals surface area contributed by atoms with Gasteiger partial charge in [0.15, 0.2) is 0 Å². The van der Waals surface area contributed by atoms with Gasteiger partial charge < -0.3 is 19.9 Å². The SMILES string of the molecule is Cc1ccc(OCCC(=O)NCCOCC(=O)O)cc1. The maximum atomic E-state index is 11.4. The number of rotatable bonds is 9. The third-order valence-electron chi connectivity index (χ3n) is 2.41. The molecule has 1 aromatic rings. The van der Waals surface area contributed by atoms with Crippen molar-refractivity contribution in [2.75, 3.05) is 26.4 Å². The molecule has 0 heterocycles. The van der Waals surface area contributed by atoms with Crippen LogP contribution in [0.4, 0.5) is 0 Å². The van der Waals surface area contributed by atoms with Gasteiger partial charge in [0.25, 0.3) is 0 Å². The van der Waals surface area contributed by atoms with E-state index in [1.807, 2.05) is 31.2 Å². The summed E-state index contributed by atoms with van der Waals surface area (Å²) in [6.07, 6.45) is 0.243. The van der Waals surface area contributed by atoms with E-state index >= 15 is 0 Å². The summed E-state index contributed by atoms with van der Waals surface area (Å²) in [5.74, 6) is -0.452. The zero-order valence-corrected chi connectivity index (χ0v) is 11.4. The molecule has 0 saturated heterocycles. The highest BCUT2D eigenvalue weighted by Gasteiger charge is 2.02. The Labute approximate surface area is 117 Å². The molecule has 0 atom stereocenters. The van der Waals surface area contributed by atoms with Gasteiger partial charge in [-0.05, 0) is 19.1 Å². The quantitative estimate of drug-likeness (QED) is 0.659. The van der Waals surface area contributed by atoms with Gasteiger partial charge in [0.2, 0.25) is 5.91 Å². The molecular formula is C14H19NO5. The number of amides is 1. The Hall–Kier alpha value is -2.08. The molecule has 110 valence electrons. The molecule has 1 amide bonds. The van der Waals surface area contributed by atoms with Crippen LogP contribution in [-0.2, 0) is 14.3 Å². The second-order valence-electron chi connectivity index (χ2n) is 4.21. The summed E-state index contributed by atoms with van der Waals surface area (Å²) in [5.41, 5.74) is 1.15. The molecule has 1 rings (SSSR count). The van der Waals surface area contributed by atoms with Gasteiger partial charge in [-0.3, -0.25) is 4.79 Å². The van der Waals surface area contributed by atoms with Gasteiger partial charge in [-0.25, -0.2) is 4.79 Å². The Morgan fingerprint density at radius 1 is 1.20 bits per heavy atom. The molecule has 0 unspecified atom stereocenters. The van der Waals surface area contributed by atoms with E-state index in [-0.39, 0.29) is 32.1 Å². The van der Waals surface area contributed by atoms with E-state index in [0.29, 0.717) is 6.61 Å². The summed E-state index contributed by atoms with van der Waals surface area (Å²) >= 11 is 0. The average Bonchev–Trinajstić information content (AvgIpc) is 2.40. The van der Waals surface area contributed by atoms with Crippen molar-refractivity contribution in [1.29, 1.82) is 0 Å². The first-order valence-corrected chi connectivity index (χ1v) is 6.33. The standard InChI is InChI=1S/C14H19NO5/c1-11-2-4-12(5-3-11)20-8-6-13(16)15-7-9-19-10-14(17)18/h2-5H,6-10H2,1H3,(H,15,16)(H,17,18). The Kier molecular flexibility index (Phi) is 7.13. The Balaban J connectivity index is 2.05. The number of carbonyl (C=O) groups is 2. The summed E-state index contributed by atoms with van der Waals surface area (Å²) in [4.78, 5) is 21.6. The van der Waals surface area contributed by atoms with Crippen LogP contribution in [0, 0.1) is 6.92 Å². The number of nitrogens with one attached hydrogen (secondary N) is 1. The molecule has 2 N–H and O–H groups in total. The third kappa shape index (κ3) is 7.38. The smallest absolute Gasteiger partial charge is 0.329 e. The summed E-state index contributed by atoms with van der Waals surface area (Å²) < 4.78 is 10.2. The van der Waals surface area contributed by atoms with E-state index in [1.165, 1.54) is 0 Å². The maximum Gasteiger partial charge on any atom is 0.329 e. The second kappa shape index (κ2) is 8.92. The molecule has 6 nitrogen and oxygen atoms in total. The van der Waals surface area contributed by atoms with Crippen molar-refractivity contribution < 1.29 is 24.2 Å². The zero-order valence-electron chi connectivity index (χ0n) is 11.4. The summed E-state index contributed by atoms with van der Waals surface area (Å²) in [5, 5.41) is 10.9. The highest BCUT2D eigenvalue weighted by molar-refractivity contribution is 5.75. The Bertz CT molecular complexity index is 430. The van der Waals surface area contributed by atoms with Crippen LogP contribution in [0.25, 0.3) is 0 Å². The van der Waals surface area contributed by atoms with E-state index in [0.717, 1.165) is 11.3 Å². The van der Waals surface area contributed by atoms with E-state index < -0.39 is 5.97 Å². The molecule has 0 bridgehead atoms. The minimum Gasteiger partial charge on any atom is -0.493 e. The fourth-order valence-corrected chi connectivity index (χ4v) is 1.41. The Morgan fingerprint density at radius 2 is 1.90 bits per heavy atom. The van der Waals surface area contributed by atoms with Crippen LogP contribution >= 0.6 is 0 Å². The number of aryl methyl sites for hydroxylation is 1. The number of benzene rings is 1. The van der Waals surface area contributed by atoms with Crippen molar-refractivity contribution in [2.45, 2.75) is 13.3 Å². The van der Waals surface area contributed by atoms with Crippen molar-refractivity contribution in [1.82, 2.24) is 5.32 Å². The molecule has 20 heavy (non-hydrogen) atoms. The molecule has 0 aliphatic rings. The van der Waals surface area contributed by atoms with Crippen molar-refractivity contribution in [3.05, 3.63) is 29.8 Å². The number of ether oxygens (including phenoxy) is 2. The first-order chi connectivity index (χ1) is 9.58. The second-order valence-corrected chi connectivity index (χ2v) is 4.21. The molecule has 0 aliphatic carbocycles. The maximum absolute atomic E-state index is 11.4. The highest BCUT2D eigenvalue weighted by atomic mass is 16.5. The van der Waals surface area contributed by atoms with Gasteiger partial charge in [-0.2, -0.15) is 0 Å². The molecular weight excluding hydrogens is 262 g/mol. The predicted molar refractivity (Wildman–Crippen MR) is 72.8 cm³/mol. The molecule has 6 heteroatoms. The Morgan fingerprint density at radius 3 is 2.55 bits per heavy atom. The minimum absolute atomic E-state index is 0.156. The molecule has 0 radical (unpaired) electrons. The predicted octanol–water partition coefficient (Wildman–Crippen LogP) is 0.981. The van der Waals surface area contributed by atoms with E-state index in [9.17, 15) is 9.59 Å². The van der Waals surface area contributed by atoms with Gasteiger partial charge in [0.1, 0.15) is 12.4 Å². The minimum atomic E-state index is -1.03. The fourth-order valence-electron chi connectivity index (χ4n) is 1.41. The lowest BCUT2D eigenvalue weighted by Crippen LogP contribution is -2.29. The van der Waals surface area contributed by atoms with E-state index in [4.69, 9.17) is 14.6 Å². The van der Waals surface area contributed by atoms with Crippen molar-refractivity contribution >= 4 is 11.9 Å². The van der Waals surface area contributed by atoms with Crippen LogP contribution in [0.2, 0.25) is 0 Å². The van der Waals surface area contributed by atoms with Crippen LogP contribution in [0.3, 0.4) is 0 Å². The molecule has 1 aromatic carbocycles. The number of aliphatic carboxylic acids is 1. The summed E-state index contributed by atoms with van der Waals surface area (Å²) in [7, 11) is 0. The average molecular weight is 281 g/mol. The van der Waals surface area contributed by atoms with Gasteiger partial charge in [-0.15, -0.1) is 0 Å². The fraction of sp³-hybridized carbons (Fsp3) is 0.429. The monoisotopic (exact) mass is 281 g/mol. The van der Waals surface area contributed by atoms with Gasteiger partial charge in [0.05, 0.1) is 19.6 Å². The van der Waals surface area contributed by atoms with Crippen molar-refractivity contribution in [3.8, 4) is 5.75 Å². The summed E-state index contributed by atoms with van der Waals surface area (Å²) in [6.45, 7) is 2.40. The van der Waals surface area contributed by atoms with Crippen LogP contribution < -0.4 is 10.1 Å². The van der Waals surface area contributed by atoms with E-state index in [2.05, 4.69) is 5.32 Å². The topological polar surface area (TPSA) is 84.9 Å². The van der Waals surface area contributed by atoms with Gasteiger partial charge in [-0.1, -0.05) is 17.7 Å². The van der Waals surface area contributed by atoms with Crippen LogP contribution in [0.5, 0.6) is 5.75 Å². The lowest BCUT2D eigenvalue weighted by Gasteiger charge is -2.07. The van der Waals surface area contributed by atoms with Gasteiger partial charge >= 0.3 is 5.97 Å². The number of carboxylic acids is 1. The lowest BCUT2D eigenvalue weighted by molar-refractivity contribution is -0.142. The molecule has 0 fully saturated rings. The van der Waals surface area contributed by atoms with Gasteiger partial charge in [0, 0.05) is 6.54 Å². The van der Waals surface area contributed by atoms with E-state index in [1.54, 1.807) is 0 Å². The molecule has 0 spiro atoms. The molecule has 0 saturated carbocycles. The normalized spacial score (nSPS) is 10.1. The number of hydrogen-bond acceptors (Lipinski definition) is 4. The number of carbonyl (C=O) groups excluding carboxylic acids is 1. The number of hydrogen-bond donors (Lipinski definition) is 2. The van der Waals surface area contributed by atoms with Crippen LogP contribution in [0.1, 0.15) is 12.0 Å². The molecule has 0 aromatic heterocycles. The van der Waals surface area contributed by atoms with Crippen molar-refractivity contribution in [3.63, 3.8) is 0 Å². The molecule has 0 aliphatic heterocycles.